The molecule has 4 heteroatoms. The molecule has 1 aromatic rings. The highest BCUT2D eigenvalue weighted by Crippen LogP contribution is 2.27. The average molecular weight is 252 g/mol. The lowest BCUT2D eigenvalue weighted by molar-refractivity contribution is 0.196. The van der Waals surface area contributed by atoms with Crippen LogP contribution in [0.2, 0.25) is 0 Å². The van der Waals surface area contributed by atoms with Gasteiger partial charge in [0.15, 0.2) is 0 Å². The molecule has 1 aromatic carbocycles. The molecular weight excluding hydrogens is 231 g/mol. The number of nitrogens with one attached hydrogen (secondary N) is 1. The largest absolute Gasteiger partial charge is 0.394 e. The van der Waals surface area contributed by atoms with E-state index in [4.69, 9.17) is 0 Å². The Morgan fingerprint density at radius 3 is 2.56 bits per heavy atom. The Hall–Kier alpha value is -1.13. The molecule has 1 unspecified atom stereocenters. The van der Waals surface area contributed by atoms with Crippen LogP contribution in [-0.4, -0.2) is 41.3 Å². The molecular formula is C14H21FN2O. The summed E-state index contributed by atoms with van der Waals surface area (Å²) in [5.41, 5.74) is 0.554. The quantitative estimate of drug-likeness (QED) is 0.861. The molecule has 0 amide bonds. The third-order valence-electron chi connectivity index (χ3n) is 3.67. The standard InChI is InChI=1S/C14H21FN2O/c1-11(2)17-8-7-14(9-17,10-18)16-13-5-3-12(15)4-6-13/h3-6,11,16,18H,7-10H2,1-2H3. The summed E-state index contributed by atoms with van der Waals surface area (Å²) >= 11 is 0. The summed E-state index contributed by atoms with van der Waals surface area (Å²) in [7, 11) is 0. The van der Waals surface area contributed by atoms with E-state index in [9.17, 15) is 9.50 Å². The maximum absolute atomic E-state index is 12.9. The van der Waals surface area contributed by atoms with Gasteiger partial charge in [0.05, 0.1) is 12.1 Å². The Morgan fingerprint density at radius 2 is 2.06 bits per heavy atom. The van der Waals surface area contributed by atoms with Crippen molar-refractivity contribution in [3.63, 3.8) is 0 Å². The van der Waals surface area contributed by atoms with Crippen molar-refractivity contribution >= 4 is 5.69 Å². The summed E-state index contributed by atoms with van der Waals surface area (Å²) in [6, 6.07) is 6.77. The molecule has 2 rings (SSSR count). The SMILES string of the molecule is CC(C)N1CCC(CO)(Nc2ccc(F)cc2)C1. The van der Waals surface area contributed by atoms with Crippen molar-refractivity contribution in [1.29, 1.82) is 0 Å². The van der Waals surface area contributed by atoms with Crippen LogP contribution < -0.4 is 5.32 Å². The van der Waals surface area contributed by atoms with Gasteiger partial charge in [0.1, 0.15) is 5.82 Å². The van der Waals surface area contributed by atoms with Crippen LogP contribution >= 0.6 is 0 Å². The highest BCUT2D eigenvalue weighted by molar-refractivity contribution is 5.46. The van der Waals surface area contributed by atoms with Crippen molar-refractivity contribution in [2.45, 2.75) is 31.8 Å². The Balaban J connectivity index is 2.08. The normalized spacial score (nSPS) is 24.7. The number of hydrogen-bond donors (Lipinski definition) is 2. The van der Waals surface area contributed by atoms with E-state index in [1.54, 1.807) is 12.1 Å². The number of likely N-dealkylation sites (tertiary alicyclic amines) is 1. The molecule has 100 valence electrons. The van der Waals surface area contributed by atoms with E-state index < -0.39 is 0 Å². The molecule has 1 aliphatic rings. The number of rotatable bonds is 4. The zero-order valence-electron chi connectivity index (χ0n) is 11.0. The second-order valence-electron chi connectivity index (χ2n) is 5.38. The molecule has 2 N–H and O–H groups in total. The van der Waals surface area contributed by atoms with Gasteiger partial charge in [-0.25, -0.2) is 4.39 Å². The van der Waals surface area contributed by atoms with E-state index >= 15 is 0 Å². The second-order valence-corrected chi connectivity index (χ2v) is 5.38. The van der Waals surface area contributed by atoms with Gasteiger partial charge in [0, 0.05) is 24.8 Å². The van der Waals surface area contributed by atoms with Gasteiger partial charge >= 0.3 is 0 Å². The maximum Gasteiger partial charge on any atom is 0.123 e. The van der Waals surface area contributed by atoms with Gasteiger partial charge in [0.2, 0.25) is 0 Å². The minimum Gasteiger partial charge on any atom is -0.394 e. The van der Waals surface area contributed by atoms with Gasteiger partial charge in [-0.3, -0.25) is 4.90 Å². The fourth-order valence-electron chi connectivity index (χ4n) is 2.46. The summed E-state index contributed by atoms with van der Waals surface area (Å²) in [6.45, 7) is 6.20. The number of anilines is 1. The van der Waals surface area contributed by atoms with Gasteiger partial charge in [-0.1, -0.05) is 0 Å². The van der Waals surface area contributed by atoms with Crippen molar-refractivity contribution in [2.24, 2.45) is 0 Å². The van der Waals surface area contributed by atoms with Gasteiger partial charge in [0.25, 0.3) is 0 Å². The first kappa shape index (κ1) is 13.3. The third-order valence-corrected chi connectivity index (χ3v) is 3.67. The Morgan fingerprint density at radius 1 is 1.39 bits per heavy atom. The van der Waals surface area contributed by atoms with Gasteiger partial charge in [-0.05, 0) is 44.5 Å². The molecule has 1 fully saturated rings. The fraction of sp³-hybridized carbons (Fsp3) is 0.571. The smallest absolute Gasteiger partial charge is 0.123 e. The Labute approximate surface area is 108 Å². The number of aliphatic hydroxyl groups is 1. The van der Waals surface area contributed by atoms with E-state index in [0.717, 1.165) is 25.2 Å². The van der Waals surface area contributed by atoms with Crippen LogP contribution in [0.15, 0.2) is 24.3 Å². The van der Waals surface area contributed by atoms with Crippen molar-refractivity contribution in [2.75, 3.05) is 25.0 Å². The number of nitrogens with zero attached hydrogens (tertiary/aromatic N) is 1. The second kappa shape index (κ2) is 5.24. The van der Waals surface area contributed by atoms with E-state index in [0.29, 0.717) is 6.04 Å². The first-order valence-corrected chi connectivity index (χ1v) is 6.43. The monoisotopic (exact) mass is 252 g/mol. The third kappa shape index (κ3) is 2.82. The van der Waals surface area contributed by atoms with Crippen LogP contribution in [0.4, 0.5) is 10.1 Å². The van der Waals surface area contributed by atoms with Gasteiger partial charge < -0.3 is 10.4 Å². The van der Waals surface area contributed by atoms with Crippen LogP contribution in [0.1, 0.15) is 20.3 Å². The predicted octanol–water partition coefficient (Wildman–Crippen LogP) is 2.08. The number of aliphatic hydroxyl groups excluding tert-OH is 1. The molecule has 1 saturated heterocycles. The van der Waals surface area contributed by atoms with Crippen LogP contribution in [0.25, 0.3) is 0 Å². The maximum atomic E-state index is 12.9. The van der Waals surface area contributed by atoms with Crippen molar-refractivity contribution in [3.05, 3.63) is 30.1 Å². The molecule has 1 heterocycles. The fourth-order valence-corrected chi connectivity index (χ4v) is 2.46. The Kier molecular flexibility index (Phi) is 3.88. The molecule has 0 radical (unpaired) electrons. The molecule has 0 bridgehead atoms. The van der Waals surface area contributed by atoms with Gasteiger partial charge in [-0.15, -0.1) is 0 Å². The minimum absolute atomic E-state index is 0.0909. The molecule has 3 nitrogen and oxygen atoms in total. The highest BCUT2D eigenvalue weighted by atomic mass is 19.1. The highest BCUT2D eigenvalue weighted by Gasteiger charge is 2.38. The zero-order valence-corrected chi connectivity index (χ0v) is 11.0. The van der Waals surface area contributed by atoms with Crippen molar-refractivity contribution < 1.29 is 9.50 Å². The van der Waals surface area contributed by atoms with Crippen LogP contribution in [0, 0.1) is 5.82 Å². The lowest BCUT2D eigenvalue weighted by Gasteiger charge is -2.31. The number of hydrogen-bond acceptors (Lipinski definition) is 3. The molecule has 1 aliphatic heterocycles. The molecule has 0 aliphatic carbocycles. The van der Waals surface area contributed by atoms with E-state index in [1.165, 1.54) is 12.1 Å². The van der Waals surface area contributed by atoms with E-state index in [-0.39, 0.29) is 18.0 Å². The molecule has 0 spiro atoms. The molecule has 18 heavy (non-hydrogen) atoms. The minimum atomic E-state index is -0.303. The summed E-state index contributed by atoms with van der Waals surface area (Å²) in [6.07, 6.45) is 0.902. The summed E-state index contributed by atoms with van der Waals surface area (Å²) in [4.78, 5) is 2.34. The number of benzene rings is 1. The predicted molar refractivity (Wildman–Crippen MR) is 71.2 cm³/mol. The number of halogens is 1. The lowest BCUT2D eigenvalue weighted by Crippen LogP contribution is -2.45. The van der Waals surface area contributed by atoms with Crippen LogP contribution in [-0.2, 0) is 0 Å². The molecule has 0 saturated carbocycles. The lowest BCUT2D eigenvalue weighted by atomic mass is 9.99. The summed E-state index contributed by atoms with van der Waals surface area (Å²) < 4.78 is 12.9. The van der Waals surface area contributed by atoms with E-state index in [1.807, 2.05) is 0 Å². The van der Waals surface area contributed by atoms with Crippen molar-refractivity contribution in [1.82, 2.24) is 4.90 Å². The summed E-state index contributed by atoms with van der Waals surface area (Å²) in [5.74, 6) is -0.242. The molecule has 1 atom stereocenters. The first-order valence-electron chi connectivity index (χ1n) is 6.43. The van der Waals surface area contributed by atoms with Crippen LogP contribution in [0.3, 0.4) is 0 Å². The average Bonchev–Trinajstić information content (AvgIpc) is 2.77. The van der Waals surface area contributed by atoms with Crippen molar-refractivity contribution in [3.8, 4) is 0 Å². The summed E-state index contributed by atoms with van der Waals surface area (Å²) in [5, 5.41) is 13.0. The first-order chi connectivity index (χ1) is 8.54. The molecule has 0 aromatic heterocycles. The van der Waals surface area contributed by atoms with Gasteiger partial charge in [-0.2, -0.15) is 0 Å². The zero-order chi connectivity index (χ0) is 13.2. The topological polar surface area (TPSA) is 35.5 Å². The Bertz CT molecular complexity index is 393. The van der Waals surface area contributed by atoms with E-state index in [2.05, 4.69) is 24.1 Å². The van der Waals surface area contributed by atoms with Crippen LogP contribution in [0.5, 0.6) is 0 Å².